The highest BCUT2D eigenvalue weighted by Gasteiger charge is 2.19. The summed E-state index contributed by atoms with van der Waals surface area (Å²) in [6.45, 7) is 8.73. The van der Waals surface area contributed by atoms with Crippen LogP contribution in [0.2, 0.25) is 0 Å². The molecule has 0 saturated carbocycles. The zero-order valence-electron chi connectivity index (χ0n) is 24.2. The van der Waals surface area contributed by atoms with Crippen molar-refractivity contribution in [1.82, 2.24) is 19.1 Å². The Bertz CT molecular complexity index is 2070. The van der Waals surface area contributed by atoms with Gasteiger partial charge in [-0.3, -0.25) is 9.13 Å². The summed E-state index contributed by atoms with van der Waals surface area (Å²) in [7, 11) is 0. The van der Waals surface area contributed by atoms with Gasteiger partial charge >= 0.3 is 0 Å². The number of aromatic nitrogens is 4. The molecule has 8 aromatic rings. The summed E-state index contributed by atoms with van der Waals surface area (Å²) in [6.07, 6.45) is 3.85. The van der Waals surface area contributed by atoms with E-state index in [1.165, 1.54) is 65.9 Å². The van der Waals surface area contributed by atoms with Gasteiger partial charge in [-0.25, -0.2) is 9.97 Å². The number of hydrogen-bond acceptors (Lipinski definition) is 2. The van der Waals surface area contributed by atoms with E-state index in [2.05, 4.69) is 134 Å². The molecule has 0 unspecified atom stereocenters. The third kappa shape index (κ3) is 3.48. The second-order valence-electron chi connectivity index (χ2n) is 11.4. The lowest BCUT2D eigenvalue weighted by atomic mass is 10.1. The number of para-hydroxylation sites is 4. The Morgan fingerprint density at radius 3 is 1.02 bits per heavy atom. The van der Waals surface area contributed by atoms with E-state index in [1.54, 1.807) is 0 Å². The molecule has 4 heteroatoms. The number of aryl methyl sites for hydroxylation is 4. The minimum Gasteiger partial charge on any atom is -0.293 e. The van der Waals surface area contributed by atoms with Gasteiger partial charge in [-0.1, -0.05) is 72.8 Å². The smallest absolute Gasteiger partial charge is 0.138 e. The minimum atomic E-state index is 0.915. The van der Waals surface area contributed by atoms with Gasteiger partial charge in [0.2, 0.25) is 0 Å². The Kier molecular flexibility index (Phi) is 5.35. The number of benzene rings is 4. The lowest BCUT2D eigenvalue weighted by Gasteiger charge is -2.13. The summed E-state index contributed by atoms with van der Waals surface area (Å²) in [5, 5.41) is 5.02. The molecule has 8 rings (SSSR count). The van der Waals surface area contributed by atoms with Crippen molar-refractivity contribution in [3.8, 4) is 22.8 Å². The largest absolute Gasteiger partial charge is 0.293 e. The molecule has 0 aliphatic rings. The summed E-state index contributed by atoms with van der Waals surface area (Å²) >= 11 is 0. The van der Waals surface area contributed by atoms with Crippen molar-refractivity contribution in [2.75, 3.05) is 0 Å². The molecule has 0 N–H and O–H groups in total. The zero-order valence-corrected chi connectivity index (χ0v) is 24.2. The van der Waals surface area contributed by atoms with Crippen LogP contribution in [0.1, 0.15) is 22.3 Å². The van der Waals surface area contributed by atoms with E-state index in [-0.39, 0.29) is 0 Å². The molecule has 0 fully saturated rings. The van der Waals surface area contributed by atoms with E-state index >= 15 is 0 Å². The van der Waals surface area contributed by atoms with Crippen LogP contribution in [0.5, 0.6) is 0 Å². The summed E-state index contributed by atoms with van der Waals surface area (Å²) in [4.78, 5) is 9.82. The van der Waals surface area contributed by atoms with Crippen LogP contribution in [-0.2, 0) is 0 Å². The second kappa shape index (κ2) is 9.15. The van der Waals surface area contributed by atoms with Crippen molar-refractivity contribution in [1.29, 1.82) is 0 Å². The number of nitrogens with zero attached hydrogens (tertiary/aromatic N) is 4. The van der Waals surface area contributed by atoms with Crippen LogP contribution in [0, 0.1) is 27.7 Å². The second-order valence-corrected chi connectivity index (χ2v) is 11.4. The molecule has 0 spiro atoms. The van der Waals surface area contributed by atoms with Gasteiger partial charge < -0.3 is 0 Å². The predicted molar refractivity (Wildman–Crippen MR) is 175 cm³/mol. The Hall–Kier alpha value is -5.22. The van der Waals surface area contributed by atoms with Crippen LogP contribution in [-0.4, -0.2) is 19.1 Å². The normalized spacial score (nSPS) is 11.8. The molecule has 42 heavy (non-hydrogen) atoms. The van der Waals surface area contributed by atoms with Crippen LogP contribution >= 0.6 is 0 Å². The van der Waals surface area contributed by atoms with E-state index in [9.17, 15) is 0 Å². The Morgan fingerprint density at radius 2 is 0.714 bits per heavy atom. The minimum absolute atomic E-state index is 0.915. The van der Waals surface area contributed by atoms with Gasteiger partial charge in [-0.05, 0) is 85.3 Å². The molecule has 0 atom stereocenters. The molecule has 4 nitrogen and oxygen atoms in total. The van der Waals surface area contributed by atoms with Crippen LogP contribution in [0.3, 0.4) is 0 Å². The highest BCUT2D eigenvalue weighted by Crippen LogP contribution is 2.37. The van der Waals surface area contributed by atoms with Gasteiger partial charge in [0.15, 0.2) is 0 Å². The van der Waals surface area contributed by atoms with Crippen molar-refractivity contribution < 1.29 is 0 Å². The van der Waals surface area contributed by atoms with Crippen molar-refractivity contribution in [3.05, 3.63) is 132 Å². The highest BCUT2D eigenvalue weighted by atomic mass is 15.1. The number of hydrogen-bond donors (Lipinski definition) is 0. The highest BCUT2D eigenvalue weighted by molar-refractivity contribution is 6.12. The van der Waals surface area contributed by atoms with Gasteiger partial charge in [0.25, 0.3) is 0 Å². The molecule has 4 aromatic carbocycles. The average molecular weight is 543 g/mol. The first kappa shape index (κ1) is 24.6. The van der Waals surface area contributed by atoms with Crippen LogP contribution in [0.4, 0.5) is 0 Å². The molecule has 0 aliphatic carbocycles. The Morgan fingerprint density at radius 1 is 0.405 bits per heavy atom. The lowest BCUT2D eigenvalue weighted by molar-refractivity contribution is 1.06. The molecule has 0 amide bonds. The lowest BCUT2D eigenvalue weighted by Crippen LogP contribution is -2.01. The summed E-state index contributed by atoms with van der Waals surface area (Å²) in [6, 6.07) is 34.8. The van der Waals surface area contributed by atoms with Gasteiger partial charge in [0.05, 0.1) is 22.1 Å². The fraction of sp³-hybridized carbons (Fsp3) is 0.105. The third-order valence-electron chi connectivity index (χ3n) is 8.71. The summed E-state index contributed by atoms with van der Waals surface area (Å²) in [5.41, 5.74) is 12.0. The fourth-order valence-corrected chi connectivity index (χ4v) is 6.81. The maximum absolute atomic E-state index is 4.91. The van der Waals surface area contributed by atoms with Gasteiger partial charge in [0, 0.05) is 33.9 Å². The topological polar surface area (TPSA) is 35.6 Å². The molecule has 202 valence electrons. The van der Waals surface area contributed by atoms with E-state index < -0.39 is 0 Å². The number of rotatable bonds is 3. The predicted octanol–water partition coefficient (Wildman–Crippen LogP) is 9.57. The van der Waals surface area contributed by atoms with Gasteiger partial charge in [0.1, 0.15) is 11.6 Å². The van der Waals surface area contributed by atoms with Crippen molar-refractivity contribution >= 4 is 43.6 Å². The standard InChI is InChI=1S/C38H30N4/c1-23-9-5-13-29-30-14-6-10-24(2)36(30)41(35(23)29)33-21-27(17-19-39-33)28-18-20-40-34(22-28)42-37-25(3)11-7-15-31(37)32-16-8-12-26(4)38(32)42/h5-22H,1-4H3. The van der Waals surface area contributed by atoms with Crippen LogP contribution in [0.25, 0.3) is 66.4 Å². The molecule has 4 heterocycles. The summed E-state index contributed by atoms with van der Waals surface area (Å²) < 4.78 is 4.67. The van der Waals surface area contributed by atoms with E-state index in [0.717, 1.165) is 22.8 Å². The molecule has 0 aliphatic heterocycles. The Labute approximate surface area is 244 Å². The van der Waals surface area contributed by atoms with Crippen LogP contribution in [0.15, 0.2) is 109 Å². The number of pyridine rings is 2. The first-order valence-electron chi connectivity index (χ1n) is 14.4. The molecular formula is C38H30N4. The van der Waals surface area contributed by atoms with Crippen molar-refractivity contribution in [2.45, 2.75) is 27.7 Å². The first-order valence-corrected chi connectivity index (χ1v) is 14.4. The average Bonchev–Trinajstić information content (AvgIpc) is 3.54. The molecule has 0 saturated heterocycles. The van der Waals surface area contributed by atoms with Crippen molar-refractivity contribution in [2.24, 2.45) is 0 Å². The van der Waals surface area contributed by atoms with Crippen molar-refractivity contribution in [3.63, 3.8) is 0 Å². The zero-order chi connectivity index (χ0) is 28.5. The maximum Gasteiger partial charge on any atom is 0.138 e. The Balaban J connectivity index is 1.35. The summed E-state index contributed by atoms with van der Waals surface area (Å²) in [5.74, 6) is 1.83. The monoisotopic (exact) mass is 542 g/mol. The fourth-order valence-electron chi connectivity index (χ4n) is 6.81. The van der Waals surface area contributed by atoms with E-state index in [0.29, 0.717) is 0 Å². The molecule has 0 bridgehead atoms. The van der Waals surface area contributed by atoms with Crippen LogP contribution < -0.4 is 0 Å². The number of fused-ring (bicyclic) bond motifs is 6. The first-order chi connectivity index (χ1) is 20.5. The third-order valence-corrected chi connectivity index (χ3v) is 8.71. The van der Waals surface area contributed by atoms with E-state index in [4.69, 9.17) is 9.97 Å². The SMILES string of the molecule is Cc1cccc2c3cccc(C)c3n(-c3cc(-c4ccnc(-n5c6c(C)cccc6c6cccc(C)c65)c4)ccn3)c12. The maximum atomic E-state index is 4.91. The molecule has 0 radical (unpaired) electrons. The van der Waals surface area contributed by atoms with Gasteiger partial charge in [-0.15, -0.1) is 0 Å². The quantitative estimate of drug-likeness (QED) is 0.223. The molecular weight excluding hydrogens is 512 g/mol. The van der Waals surface area contributed by atoms with E-state index in [1.807, 2.05) is 12.4 Å². The molecule has 4 aromatic heterocycles. The van der Waals surface area contributed by atoms with Gasteiger partial charge in [-0.2, -0.15) is 0 Å².